The maximum Gasteiger partial charge on any atom is 0.129 e. The van der Waals surface area contributed by atoms with Gasteiger partial charge in [0, 0.05) is 32.2 Å². The van der Waals surface area contributed by atoms with Gasteiger partial charge in [-0.2, -0.15) is 0 Å². The minimum Gasteiger partial charge on any atom is -0.507 e. The summed E-state index contributed by atoms with van der Waals surface area (Å²) in [5, 5.41) is 13.0. The molecule has 1 saturated heterocycles. The van der Waals surface area contributed by atoms with E-state index in [-0.39, 0.29) is 5.75 Å². The molecular weight excluding hydrogens is 304 g/mol. The maximum absolute atomic E-state index is 9.63. The molecule has 1 aromatic carbocycles. The number of hydrogen-bond donors (Lipinski definition) is 2. The van der Waals surface area contributed by atoms with Crippen molar-refractivity contribution in [3.63, 3.8) is 0 Å². The molecule has 0 saturated carbocycles. The van der Waals surface area contributed by atoms with E-state index in [4.69, 9.17) is 0 Å². The zero-order valence-electron chi connectivity index (χ0n) is 11.3. The van der Waals surface area contributed by atoms with Crippen molar-refractivity contribution in [2.75, 3.05) is 26.2 Å². The van der Waals surface area contributed by atoms with Gasteiger partial charge < -0.3 is 10.4 Å². The van der Waals surface area contributed by atoms with E-state index in [1.165, 1.54) is 11.1 Å². The smallest absolute Gasteiger partial charge is 0.129 e. The van der Waals surface area contributed by atoms with Crippen molar-refractivity contribution in [1.29, 1.82) is 0 Å². The van der Waals surface area contributed by atoms with E-state index in [0.717, 1.165) is 37.1 Å². The van der Waals surface area contributed by atoms with Crippen LogP contribution in [0.15, 0.2) is 34.8 Å². The zero-order chi connectivity index (χ0) is 13.8. The van der Waals surface area contributed by atoms with Gasteiger partial charge in [-0.3, -0.25) is 4.90 Å². The molecule has 1 aromatic rings. The van der Waals surface area contributed by atoms with E-state index < -0.39 is 0 Å². The quantitative estimate of drug-likeness (QED) is 0.835. The zero-order valence-corrected chi connectivity index (χ0v) is 12.9. The SMILES string of the molecule is C=C(C)C[C@@H](c1ccc(O)c(Br)c1)N1CCNCC1. The number of rotatable bonds is 4. The van der Waals surface area contributed by atoms with Crippen molar-refractivity contribution in [3.8, 4) is 5.75 Å². The first kappa shape index (κ1) is 14.6. The highest BCUT2D eigenvalue weighted by Crippen LogP contribution is 2.32. The lowest BCUT2D eigenvalue weighted by molar-refractivity contribution is 0.172. The van der Waals surface area contributed by atoms with Gasteiger partial charge in [-0.15, -0.1) is 6.58 Å². The van der Waals surface area contributed by atoms with E-state index in [0.29, 0.717) is 6.04 Å². The average Bonchev–Trinajstić information content (AvgIpc) is 2.40. The Labute approximate surface area is 123 Å². The van der Waals surface area contributed by atoms with Gasteiger partial charge in [-0.05, 0) is 47.0 Å². The molecule has 0 unspecified atom stereocenters. The third-order valence-corrected chi connectivity index (χ3v) is 4.13. The first-order valence-corrected chi connectivity index (χ1v) is 7.45. The van der Waals surface area contributed by atoms with Crippen molar-refractivity contribution in [3.05, 3.63) is 40.4 Å². The second-order valence-electron chi connectivity index (χ2n) is 5.17. The van der Waals surface area contributed by atoms with Crippen LogP contribution in [0.2, 0.25) is 0 Å². The summed E-state index contributed by atoms with van der Waals surface area (Å²) in [4.78, 5) is 2.49. The van der Waals surface area contributed by atoms with Gasteiger partial charge >= 0.3 is 0 Å². The van der Waals surface area contributed by atoms with Crippen molar-refractivity contribution in [2.24, 2.45) is 0 Å². The van der Waals surface area contributed by atoms with Crippen molar-refractivity contribution < 1.29 is 5.11 Å². The molecule has 1 aliphatic heterocycles. The van der Waals surface area contributed by atoms with Gasteiger partial charge in [0.2, 0.25) is 0 Å². The van der Waals surface area contributed by atoms with Crippen LogP contribution in [0.5, 0.6) is 5.75 Å². The van der Waals surface area contributed by atoms with Gasteiger partial charge in [0.25, 0.3) is 0 Å². The molecule has 0 spiro atoms. The Morgan fingerprint density at radius 1 is 1.47 bits per heavy atom. The molecule has 0 aromatic heterocycles. The standard InChI is InChI=1S/C15H21BrN2O/c1-11(2)9-14(18-7-5-17-6-8-18)12-3-4-15(19)13(16)10-12/h3-4,10,14,17,19H,1,5-9H2,2H3/t14-/m0/s1. The van der Waals surface area contributed by atoms with Gasteiger partial charge in [-0.25, -0.2) is 0 Å². The Bertz CT molecular complexity index is 455. The Balaban J connectivity index is 2.24. The number of halogens is 1. The molecule has 19 heavy (non-hydrogen) atoms. The molecule has 1 aliphatic rings. The van der Waals surface area contributed by atoms with Crippen molar-refractivity contribution in [2.45, 2.75) is 19.4 Å². The number of piperazine rings is 1. The molecule has 2 rings (SSSR count). The minimum atomic E-state index is 0.290. The summed E-state index contributed by atoms with van der Waals surface area (Å²) in [6.45, 7) is 10.3. The fraction of sp³-hybridized carbons (Fsp3) is 0.467. The van der Waals surface area contributed by atoms with Crippen LogP contribution in [-0.4, -0.2) is 36.2 Å². The molecule has 3 nitrogen and oxygen atoms in total. The highest BCUT2D eigenvalue weighted by atomic mass is 79.9. The second-order valence-corrected chi connectivity index (χ2v) is 6.03. The normalized spacial score (nSPS) is 18.2. The summed E-state index contributed by atoms with van der Waals surface area (Å²) >= 11 is 3.40. The lowest BCUT2D eigenvalue weighted by atomic mass is 9.98. The molecule has 2 N–H and O–H groups in total. The van der Waals surface area contributed by atoms with Crippen LogP contribution in [0.25, 0.3) is 0 Å². The predicted molar refractivity (Wildman–Crippen MR) is 82.4 cm³/mol. The van der Waals surface area contributed by atoms with Crippen LogP contribution in [0.3, 0.4) is 0 Å². The summed E-state index contributed by atoms with van der Waals surface area (Å²) < 4.78 is 0.756. The molecule has 4 heteroatoms. The molecule has 0 radical (unpaired) electrons. The molecular formula is C15H21BrN2O. The second kappa shape index (κ2) is 6.55. The number of phenols is 1. The van der Waals surface area contributed by atoms with E-state index in [2.05, 4.69) is 39.6 Å². The predicted octanol–water partition coefficient (Wildman–Crippen LogP) is 3.07. The Kier molecular flexibility index (Phi) is 5.02. The van der Waals surface area contributed by atoms with E-state index in [1.54, 1.807) is 6.07 Å². The third kappa shape index (κ3) is 3.81. The van der Waals surface area contributed by atoms with E-state index in [9.17, 15) is 5.11 Å². The minimum absolute atomic E-state index is 0.290. The molecule has 1 heterocycles. The van der Waals surface area contributed by atoms with Crippen LogP contribution >= 0.6 is 15.9 Å². The fourth-order valence-corrected chi connectivity index (χ4v) is 2.91. The summed E-state index contributed by atoms with van der Waals surface area (Å²) in [5.41, 5.74) is 2.42. The van der Waals surface area contributed by atoms with Crippen LogP contribution < -0.4 is 5.32 Å². The highest BCUT2D eigenvalue weighted by molar-refractivity contribution is 9.10. The number of nitrogens with one attached hydrogen (secondary N) is 1. The van der Waals surface area contributed by atoms with Gasteiger partial charge in [0.15, 0.2) is 0 Å². The summed E-state index contributed by atoms with van der Waals surface area (Å²) in [6.07, 6.45) is 0.956. The van der Waals surface area contributed by atoms with E-state index >= 15 is 0 Å². The Morgan fingerprint density at radius 3 is 2.74 bits per heavy atom. The van der Waals surface area contributed by atoms with Crippen LogP contribution in [0, 0.1) is 0 Å². The number of phenolic OH excluding ortho intramolecular Hbond substituents is 1. The largest absolute Gasteiger partial charge is 0.507 e. The van der Waals surface area contributed by atoms with Crippen LogP contribution in [0.4, 0.5) is 0 Å². The van der Waals surface area contributed by atoms with E-state index in [1.807, 2.05) is 12.1 Å². The molecule has 0 amide bonds. The summed E-state index contributed by atoms with van der Waals surface area (Å²) in [6, 6.07) is 6.13. The fourth-order valence-electron chi connectivity index (χ4n) is 2.51. The van der Waals surface area contributed by atoms with Crippen LogP contribution in [-0.2, 0) is 0 Å². The monoisotopic (exact) mass is 324 g/mol. The number of benzene rings is 1. The van der Waals surface area contributed by atoms with Gasteiger partial charge in [0.05, 0.1) is 4.47 Å². The molecule has 0 bridgehead atoms. The topological polar surface area (TPSA) is 35.5 Å². The van der Waals surface area contributed by atoms with Gasteiger partial charge in [-0.1, -0.05) is 11.6 Å². The molecule has 1 atom stereocenters. The van der Waals surface area contributed by atoms with Crippen molar-refractivity contribution >= 4 is 15.9 Å². The first-order valence-electron chi connectivity index (χ1n) is 6.65. The number of hydrogen-bond acceptors (Lipinski definition) is 3. The lowest BCUT2D eigenvalue weighted by Gasteiger charge is -2.35. The van der Waals surface area contributed by atoms with Crippen molar-refractivity contribution in [1.82, 2.24) is 10.2 Å². The first-order chi connectivity index (χ1) is 9.08. The van der Waals surface area contributed by atoms with Gasteiger partial charge in [0.1, 0.15) is 5.75 Å². The third-order valence-electron chi connectivity index (χ3n) is 3.49. The summed E-state index contributed by atoms with van der Waals surface area (Å²) in [5.74, 6) is 0.290. The highest BCUT2D eigenvalue weighted by Gasteiger charge is 2.22. The Morgan fingerprint density at radius 2 is 2.16 bits per heavy atom. The maximum atomic E-state index is 9.63. The van der Waals surface area contributed by atoms with Crippen LogP contribution in [0.1, 0.15) is 24.9 Å². The Hall–Kier alpha value is -0.840. The number of aromatic hydroxyl groups is 1. The average molecular weight is 325 g/mol. The summed E-state index contributed by atoms with van der Waals surface area (Å²) in [7, 11) is 0. The molecule has 104 valence electrons. The lowest BCUT2D eigenvalue weighted by Crippen LogP contribution is -2.45. The molecule has 0 aliphatic carbocycles. The number of nitrogens with zero attached hydrogens (tertiary/aromatic N) is 1. The molecule has 1 fully saturated rings.